The Kier molecular flexibility index (Phi) is 20.0. The van der Waals surface area contributed by atoms with Crippen LogP contribution in [0.1, 0.15) is 92.7 Å². The van der Waals surface area contributed by atoms with Crippen molar-refractivity contribution in [2.24, 2.45) is 23.7 Å². The van der Waals surface area contributed by atoms with Crippen molar-refractivity contribution in [1.82, 2.24) is 25.3 Å². The Balaban J connectivity index is 2.28. The number of carbonyl (C=O) groups excluding carboxylic acids is 5. The highest BCUT2D eigenvalue weighted by molar-refractivity contribution is 6.72. The van der Waals surface area contributed by atoms with Crippen molar-refractivity contribution in [1.29, 1.82) is 0 Å². The summed E-state index contributed by atoms with van der Waals surface area (Å²) < 4.78 is 11.9. The topological polar surface area (TPSA) is 178 Å². The molecule has 5 amide bonds. The van der Waals surface area contributed by atoms with Crippen molar-refractivity contribution in [2.45, 2.75) is 149 Å². The second-order valence-electron chi connectivity index (χ2n) is 17.7. The number of carbonyl (C=O) groups is 5. The first-order valence-corrected chi connectivity index (χ1v) is 24.1. The van der Waals surface area contributed by atoms with Crippen LogP contribution in [-0.4, -0.2) is 140 Å². The van der Waals surface area contributed by atoms with Gasteiger partial charge in [0, 0.05) is 40.9 Å². The molecule has 0 saturated carbocycles. The first-order valence-electron chi connectivity index (χ1n) is 21.0. The molecule has 0 aliphatic carbocycles. The van der Waals surface area contributed by atoms with Crippen molar-refractivity contribution in [3.8, 4) is 0 Å². The van der Waals surface area contributed by atoms with Crippen molar-refractivity contribution in [2.75, 3.05) is 34.9 Å². The van der Waals surface area contributed by atoms with Crippen LogP contribution in [0.25, 0.3) is 0 Å². The van der Waals surface area contributed by atoms with Crippen LogP contribution < -0.4 is 10.6 Å². The highest BCUT2D eigenvalue weighted by atomic mass is 28.4. The van der Waals surface area contributed by atoms with Gasteiger partial charge >= 0.3 is 0 Å². The van der Waals surface area contributed by atoms with Gasteiger partial charge < -0.3 is 44.7 Å². The molecule has 14 nitrogen and oxygen atoms in total. The lowest BCUT2D eigenvalue weighted by Gasteiger charge is -2.41. The Morgan fingerprint density at radius 1 is 0.897 bits per heavy atom. The number of likely N-dealkylation sites (tertiary alicyclic amines) is 1. The van der Waals surface area contributed by atoms with E-state index in [2.05, 4.69) is 10.6 Å². The second-order valence-corrected chi connectivity index (χ2v) is 21.6. The maximum absolute atomic E-state index is 14.4. The number of aliphatic hydroxyl groups excluding tert-OH is 1. The molecule has 4 N–H and O–H groups in total. The van der Waals surface area contributed by atoms with Crippen LogP contribution in [0.15, 0.2) is 30.3 Å². The Bertz CT molecular complexity index is 1490. The number of ether oxygens (including phenoxy) is 2. The SMILES string of the molecule is CC[C@H](C)[C@@H]([C@@H](CC(=O)N1CCC[C@H]1[C@@H](OC)[C@@H](C)C(=O)N[C@H](C)[C@@H](O)c1ccccc1)OC)N(C)C(=O)[C@@H](NC(=O)[C@H](C(C)C)N(C)C(=O)C[Si](C)(C)O)C(C)C. The molecule has 10 atom stereocenters. The number of methoxy groups -OCH3 is 2. The van der Waals surface area contributed by atoms with Crippen LogP contribution in [0.3, 0.4) is 0 Å². The fourth-order valence-electron chi connectivity index (χ4n) is 8.23. The first kappa shape index (κ1) is 50.8. The lowest BCUT2D eigenvalue weighted by atomic mass is 9.89. The summed E-state index contributed by atoms with van der Waals surface area (Å²) in [6.07, 6.45) is -0.174. The zero-order valence-corrected chi connectivity index (χ0v) is 38.7. The zero-order chi connectivity index (χ0) is 44.2. The van der Waals surface area contributed by atoms with E-state index in [-0.39, 0.29) is 59.9 Å². The largest absolute Gasteiger partial charge is 0.432 e. The van der Waals surface area contributed by atoms with E-state index in [9.17, 15) is 33.9 Å². The summed E-state index contributed by atoms with van der Waals surface area (Å²) in [5.41, 5.74) is 0.694. The van der Waals surface area contributed by atoms with E-state index in [0.717, 1.165) is 6.42 Å². The molecule has 0 aromatic heterocycles. The number of nitrogens with one attached hydrogen (secondary N) is 2. The highest BCUT2D eigenvalue weighted by Crippen LogP contribution is 2.30. The van der Waals surface area contributed by atoms with Crippen LogP contribution >= 0.6 is 0 Å². The molecule has 330 valence electrons. The summed E-state index contributed by atoms with van der Waals surface area (Å²) in [5, 5.41) is 16.7. The molecule has 1 fully saturated rings. The monoisotopic (exact) mass is 834 g/mol. The molecule has 15 heteroatoms. The normalized spacial score (nSPS) is 19.3. The third-order valence-corrected chi connectivity index (χ3v) is 12.9. The fourth-order valence-corrected chi connectivity index (χ4v) is 9.22. The van der Waals surface area contributed by atoms with E-state index in [1.165, 1.54) is 19.1 Å². The Morgan fingerprint density at radius 2 is 1.50 bits per heavy atom. The van der Waals surface area contributed by atoms with Gasteiger partial charge in [-0.05, 0) is 56.2 Å². The Hall–Kier alpha value is -3.37. The quantitative estimate of drug-likeness (QED) is 0.126. The Labute approximate surface area is 348 Å². The predicted molar refractivity (Wildman–Crippen MR) is 228 cm³/mol. The summed E-state index contributed by atoms with van der Waals surface area (Å²) in [6.45, 7) is 18.7. The first-order chi connectivity index (χ1) is 27.0. The zero-order valence-electron chi connectivity index (χ0n) is 37.7. The highest BCUT2D eigenvalue weighted by Gasteiger charge is 2.44. The molecule has 0 bridgehead atoms. The second kappa shape index (κ2) is 22.8. The third kappa shape index (κ3) is 13.6. The van der Waals surface area contributed by atoms with Gasteiger partial charge in [-0.1, -0.05) is 85.2 Å². The van der Waals surface area contributed by atoms with Crippen LogP contribution in [0.4, 0.5) is 0 Å². The molecule has 0 spiro atoms. The minimum atomic E-state index is -2.74. The number of aliphatic hydroxyl groups is 1. The molecule has 2 rings (SSSR count). The minimum absolute atomic E-state index is 0.0253. The summed E-state index contributed by atoms with van der Waals surface area (Å²) in [5.74, 6) is -2.90. The van der Waals surface area contributed by atoms with Crippen LogP contribution in [-0.2, 0) is 33.4 Å². The molecule has 1 aromatic carbocycles. The van der Waals surface area contributed by atoms with E-state index in [4.69, 9.17) is 9.47 Å². The predicted octanol–water partition coefficient (Wildman–Crippen LogP) is 3.97. The number of rotatable bonds is 22. The van der Waals surface area contributed by atoms with E-state index in [0.29, 0.717) is 24.9 Å². The van der Waals surface area contributed by atoms with E-state index in [1.807, 2.05) is 59.7 Å². The minimum Gasteiger partial charge on any atom is -0.432 e. The smallest absolute Gasteiger partial charge is 0.245 e. The standard InChI is InChI=1S/C43H75N5O9Si/c1-15-28(6)38(47(10)43(54)36(26(2)3)45-42(53)37(27(4)5)46(9)35(50)25-58(13,14)55)33(56-11)24-34(49)48-23-19-22-32(48)40(57-12)29(7)41(52)44-30(8)39(51)31-20-17-16-18-21-31/h16-18,20-21,26-30,32-33,36-40,51,55H,15,19,22-25H2,1-14H3,(H,44,52)(H,45,53)/t28-,29+,30+,32-,33+,36-,37-,38-,39+,40-/m0/s1. The average Bonchev–Trinajstić information content (AvgIpc) is 3.65. The van der Waals surface area contributed by atoms with Gasteiger partial charge in [0.15, 0.2) is 8.32 Å². The third-order valence-electron chi connectivity index (χ3n) is 11.8. The van der Waals surface area contributed by atoms with Crippen molar-refractivity contribution >= 4 is 37.9 Å². The summed E-state index contributed by atoms with van der Waals surface area (Å²) in [7, 11) is 3.56. The summed E-state index contributed by atoms with van der Waals surface area (Å²) >= 11 is 0. The van der Waals surface area contributed by atoms with Crippen molar-refractivity contribution in [3.05, 3.63) is 35.9 Å². The average molecular weight is 834 g/mol. The molecule has 1 aliphatic rings. The number of hydrogen-bond donors (Lipinski definition) is 4. The molecule has 0 unspecified atom stereocenters. The molecule has 58 heavy (non-hydrogen) atoms. The van der Waals surface area contributed by atoms with E-state index < -0.39 is 62.6 Å². The van der Waals surface area contributed by atoms with Crippen LogP contribution in [0, 0.1) is 23.7 Å². The summed E-state index contributed by atoms with van der Waals surface area (Å²) in [4.78, 5) is 84.3. The number of benzene rings is 1. The Morgan fingerprint density at radius 3 is 2.00 bits per heavy atom. The van der Waals surface area contributed by atoms with Crippen LogP contribution in [0.5, 0.6) is 0 Å². The number of amides is 5. The van der Waals surface area contributed by atoms with Gasteiger partial charge in [0.25, 0.3) is 0 Å². The molecular formula is C43H75N5O9Si. The van der Waals surface area contributed by atoms with Crippen LogP contribution in [0.2, 0.25) is 19.1 Å². The molecular weight excluding hydrogens is 759 g/mol. The molecule has 1 aliphatic heterocycles. The fraction of sp³-hybridized carbons (Fsp3) is 0.744. The number of nitrogens with zero attached hydrogens (tertiary/aromatic N) is 3. The van der Waals surface area contributed by atoms with Gasteiger partial charge in [-0.3, -0.25) is 24.0 Å². The van der Waals surface area contributed by atoms with Crippen molar-refractivity contribution < 1.29 is 43.3 Å². The molecule has 1 aromatic rings. The van der Waals surface area contributed by atoms with Gasteiger partial charge in [-0.15, -0.1) is 0 Å². The molecule has 0 radical (unpaired) electrons. The molecule has 1 saturated heterocycles. The van der Waals surface area contributed by atoms with Crippen molar-refractivity contribution in [3.63, 3.8) is 0 Å². The lowest BCUT2D eigenvalue weighted by Crippen LogP contribution is -2.60. The number of likely N-dealkylation sites (N-methyl/N-ethyl adjacent to an activating group) is 2. The van der Waals surface area contributed by atoms with E-state index in [1.54, 1.807) is 63.0 Å². The van der Waals surface area contributed by atoms with Gasteiger partial charge in [0.1, 0.15) is 12.1 Å². The number of hydrogen-bond acceptors (Lipinski definition) is 9. The molecule has 1 heterocycles. The van der Waals surface area contributed by atoms with Gasteiger partial charge in [0.2, 0.25) is 29.5 Å². The van der Waals surface area contributed by atoms with Gasteiger partial charge in [0.05, 0.1) is 48.8 Å². The van der Waals surface area contributed by atoms with Gasteiger partial charge in [-0.25, -0.2) is 0 Å². The van der Waals surface area contributed by atoms with Gasteiger partial charge in [-0.2, -0.15) is 0 Å². The van der Waals surface area contributed by atoms with E-state index >= 15 is 0 Å². The maximum Gasteiger partial charge on any atom is 0.245 e. The summed E-state index contributed by atoms with van der Waals surface area (Å²) in [6, 6.07) is 5.84. The lowest BCUT2D eigenvalue weighted by molar-refractivity contribution is -0.148. The maximum atomic E-state index is 14.4.